The molecule has 3 rings (SSSR count). The fourth-order valence-electron chi connectivity index (χ4n) is 2.22. The number of hydrogen-bond donors (Lipinski definition) is 1. The van der Waals surface area contributed by atoms with Crippen molar-refractivity contribution in [2.75, 3.05) is 0 Å². The summed E-state index contributed by atoms with van der Waals surface area (Å²) in [5.74, 6) is -0.615. The molecule has 0 aliphatic carbocycles. The maximum Gasteiger partial charge on any atom is 0.433 e. The molecule has 0 aliphatic heterocycles. The summed E-state index contributed by atoms with van der Waals surface area (Å²) in [7, 11) is 0. The second-order valence-corrected chi connectivity index (χ2v) is 4.85. The molecule has 0 amide bonds. The number of fused-ring (bicyclic) bond motifs is 1. The third-order valence-electron chi connectivity index (χ3n) is 3.25. The minimum absolute atomic E-state index is 0.0646. The molecular formula is C14H6F7N3. The van der Waals surface area contributed by atoms with E-state index >= 15 is 0 Å². The first kappa shape index (κ1) is 16.2. The van der Waals surface area contributed by atoms with E-state index in [1.807, 2.05) is 0 Å². The first-order valence-electron chi connectivity index (χ1n) is 6.37. The summed E-state index contributed by atoms with van der Waals surface area (Å²) in [5.41, 5.74) is -4.01. The van der Waals surface area contributed by atoms with Crippen molar-refractivity contribution in [3.8, 4) is 11.3 Å². The third-order valence-corrected chi connectivity index (χ3v) is 3.25. The van der Waals surface area contributed by atoms with Gasteiger partial charge in [0.15, 0.2) is 5.65 Å². The molecule has 0 aliphatic rings. The maximum absolute atomic E-state index is 13.2. The van der Waals surface area contributed by atoms with Crippen molar-refractivity contribution in [1.29, 1.82) is 0 Å². The first-order valence-corrected chi connectivity index (χ1v) is 6.37. The van der Waals surface area contributed by atoms with Crippen LogP contribution in [0, 0.1) is 5.82 Å². The molecule has 0 saturated heterocycles. The monoisotopic (exact) mass is 349 g/mol. The van der Waals surface area contributed by atoms with Crippen molar-refractivity contribution < 1.29 is 30.7 Å². The van der Waals surface area contributed by atoms with Crippen LogP contribution in [0.2, 0.25) is 0 Å². The third kappa shape index (κ3) is 2.79. The summed E-state index contributed by atoms with van der Waals surface area (Å²) in [4.78, 5) is 3.14. The maximum atomic E-state index is 13.2. The van der Waals surface area contributed by atoms with Gasteiger partial charge in [-0.05, 0) is 30.3 Å². The zero-order valence-corrected chi connectivity index (χ0v) is 11.4. The smallest absolute Gasteiger partial charge is 0.275 e. The highest BCUT2D eigenvalue weighted by molar-refractivity contribution is 5.94. The first-order chi connectivity index (χ1) is 11.1. The van der Waals surface area contributed by atoms with Crippen molar-refractivity contribution >= 4 is 11.0 Å². The molecule has 2 heterocycles. The van der Waals surface area contributed by atoms with Gasteiger partial charge in [-0.15, -0.1) is 0 Å². The topological polar surface area (TPSA) is 41.6 Å². The lowest BCUT2D eigenvalue weighted by atomic mass is 10.0. The van der Waals surface area contributed by atoms with Gasteiger partial charge in [-0.1, -0.05) is 0 Å². The Morgan fingerprint density at radius 3 is 2.04 bits per heavy atom. The van der Waals surface area contributed by atoms with Gasteiger partial charge in [-0.3, -0.25) is 5.10 Å². The van der Waals surface area contributed by atoms with Crippen LogP contribution in [0.3, 0.4) is 0 Å². The Hall–Kier alpha value is -2.65. The van der Waals surface area contributed by atoms with E-state index in [0.717, 1.165) is 12.1 Å². The van der Waals surface area contributed by atoms with E-state index in [4.69, 9.17) is 0 Å². The Morgan fingerprint density at radius 2 is 1.50 bits per heavy atom. The van der Waals surface area contributed by atoms with Crippen molar-refractivity contribution in [2.45, 2.75) is 12.4 Å². The van der Waals surface area contributed by atoms with Crippen molar-refractivity contribution in [1.82, 2.24) is 15.2 Å². The van der Waals surface area contributed by atoms with E-state index in [1.165, 1.54) is 12.1 Å². The predicted molar refractivity (Wildman–Crippen MR) is 69.3 cm³/mol. The van der Waals surface area contributed by atoms with Crippen LogP contribution < -0.4 is 0 Å². The standard InChI is InChI=1S/C14H6F7N3/c15-7-3-1-6(2-4-7)11-10-8(13(16,17)18)5-9(14(19,20)21)22-12(10)24-23-11/h1-5H,(H,22,23,24). The molecule has 3 nitrogen and oxygen atoms in total. The highest BCUT2D eigenvalue weighted by Crippen LogP contribution is 2.41. The summed E-state index contributed by atoms with van der Waals surface area (Å²) in [6.45, 7) is 0. The molecule has 0 fully saturated rings. The SMILES string of the molecule is Fc1ccc(-c2[nH]nc3nc(C(F)(F)F)cc(C(F)(F)F)c23)cc1. The average molecular weight is 349 g/mol. The molecule has 3 aromatic rings. The number of pyridine rings is 1. The second-order valence-electron chi connectivity index (χ2n) is 4.85. The molecule has 2 aromatic heterocycles. The molecule has 10 heteroatoms. The van der Waals surface area contributed by atoms with E-state index in [0.29, 0.717) is 0 Å². The van der Waals surface area contributed by atoms with E-state index in [1.54, 1.807) is 0 Å². The quantitative estimate of drug-likeness (QED) is 0.641. The summed E-state index contributed by atoms with van der Waals surface area (Å²) in [6.07, 6.45) is -10.1. The van der Waals surface area contributed by atoms with Gasteiger partial charge in [-0.25, -0.2) is 9.37 Å². The molecule has 126 valence electrons. The molecule has 24 heavy (non-hydrogen) atoms. The van der Waals surface area contributed by atoms with E-state index in [-0.39, 0.29) is 17.3 Å². The zero-order chi connectivity index (χ0) is 17.7. The van der Waals surface area contributed by atoms with Gasteiger partial charge in [-0.2, -0.15) is 31.4 Å². The number of aromatic nitrogens is 3. The normalized spacial score (nSPS) is 12.8. The Morgan fingerprint density at radius 1 is 0.875 bits per heavy atom. The van der Waals surface area contributed by atoms with Gasteiger partial charge in [0.2, 0.25) is 0 Å². The van der Waals surface area contributed by atoms with Gasteiger partial charge < -0.3 is 0 Å². The van der Waals surface area contributed by atoms with Crippen LogP contribution in [0.15, 0.2) is 30.3 Å². The zero-order valence-electron chi connectivity index (χ0n) is 11.4. The Kier molecular flexibility index (Phi) is 3.50. The summed E-state index contributed by atoms with van der Waals surface area (Å²) >= 11 is 0. The highest BCUT2D eigenvalue weighted by Gasteiger charge is 2.40. The van der Waals surface area contributed by atoms with Crippen molar-refractivity contribution in [3.63, 3.8) is 0 Å². The van der Waals surface area contributed by atoms with Gasteiger partial charge in [0.25, 0.3) is 0 Å². The van der Waals surface area contributed by atoms with Gasteiger partial charge >= 0.3 is 12.4 Å². The van der Waals surface area contributed by atoms with E-state index in [2.05, 4.69) is 15.2 Å². The number of nitrogens with zero attached hydrogens (tertiary/aromatic N) is 2. The lowest BCUT2D eigenvalue weighted by molar-refractivity contribution is -0.144. The number of benzene rings is 1. The summed E-state index contributed by atoms with van der Waals surface area (Å²) < 4.78 is 90.9. The fraction of sp³-hybridized carbons (Fsp3) is 0.143. The van der Waals surface area contributed by atoms with Gasteiger partial charge in [0, 0.05) is 5.56 Å². The Bertz CT molecular complexity index is 892. The number of alkyl halides is 6. The van der Waals surface area contributed by atoms with Crippen LogP contribution in [0.1, 0.15) is 11.3 Å². The van der Waals surface area contributed by atoms with E-state index in [9.17, 15) is 30.7 Å². The van der Waals surface area contributed by atoms with Crippen LogP contribution >= 0.6 is 0 Å². The minimum Gasteiger partial charge on any atom is -0.275 e. The molecule has 0 unspecified atom stereocenters. The van der Waals surface area contributed by atoms with Crippen LogP contribution in [0.25, 0.3) is 22.3 Å². The fourth-order valence-corrected chi connectivity index (χ4v) is 2.22. The molecule has 1 aromatic carbocycles. The largest absolute Gasteiger partial charge is 0.433 e. The number of nitrogens with one attached hydrogen (secondary N) is 1. The molecule has 1 N–H and O–H groups in total. The molecule has 0 saturated carbocycles. The molecule has 0 bridgehead atoms. The average Bonchev–Trinajstić information content (AvgIpc) is 2.89. The molecule has 0 spiro atoms. The second kappa shape index (κ2) is 5.18. The lowest BCUT2D eigenvalue weighted by Gasteiger charge is -2.12. The highest BCUT2D eigenvalue weighted by atomic mass is 19.4. The Labute approximate surface area is 129 Å². The number of H-pyrrole nitrogens is 1. The van der Waals surface area contributed by atoms with Crippen LogP contribution in [0.5, 0.6) is 0 Å². The number of aromatic amines is 1. The molecule has 0 atom stereocenters. The number of halogens is 7. The van der Waals surface area contributed by atoms with Crippen LogP contribution in [0.4, 0.5) is 30.7 Å². The lowest BCUT2D eigenvalue weighted by Crippen LogP contribution is -2.13. The van der Waals surface area contributed by atoms with Crippen molar-refractivity contribution in [2.24, 2.45) is 0 Å². The number of hydrogen-bond acceptors (Lipinski definition) is 2. The summed E-state index contributed by atoms with van der Waals surface area (Å²) in [6, 6.07) is 4.31. The van der Waals surface area contributed by atoms with Gasteiger partial charge in [0.05, 0.1) is 16.6 Å². The molecular weight excluding hydrogens is 343 g/mol. The van der Waals surface area contributed by atoms with Crippen molar-refractivity contribution in [3.05, 3.63) is 47.4 Å². The van der Waals surface area contributed by atoms with Crippen LogP contribution in [-0.4, -0.2) is 15.2 Å². The molecule has 0 radical (unpaired) electrons. The van der Waals surface area contributed by atoms with Gasteiger partial charge in [0.1, 0.15) is 11.5 Å². The Balaban J connectivity index is 2.33. The number of rotatable bonds is 1. The van der Waals surface area contributed by atoms with E-state index < -0.39 is 40.5 Å². The van der Waals surface area contributed by atoms with Crippen LogP contribution in [-0.2, 0) is 12.4 Å². The minimum atomic E-state index is -5.06. The summed E-state index contributed by atoms with van der Waals surface area (Å²) in [5, 5.41) is 5.07. The predicted octanol–water partition coefficient (Wildman–Crippen LogP) is 4.80.